The lowest BCUT2D eigenvalue weighted by molar-refractivity contribution is -0.127. The number of imide groups is 1. The zero-order chi connectivity index (χ0) is 26.2. The minimum Gasteiger partial charge on any atom is -0.497 e. The van der Waals surface area contributed by atoms with Crippen LogP contribution in [-0.2, 0) is 14.3 Å². The van der Waals surface area contributed by atoms with Crippen molar-refractivity contribution < 1.29 is 28.7 Å². The lowest BCUT2D eigenvalue weighted by atomic mass is 9.77. The SMILES string of the molecule is COc1ccc(N2C(=O)[C@@H]3[C@@H](c4cccc5ccccc45)OC4(C(=O)c5ccccc5C4=O)[C@H]3C2=O)cc1. The van der Waals surface area contributed by atoms with Gasteiger partial charge in [0.2, 0.25) is 29.0 Å². The van der Waals surface area contributed by atoms with Gasteiger partial charge in [0.1, 0.15) is 5.75 Å². The summed E-state index contributed by atoms with van der Waals surface area (Å²) in [6, 6.07) is 26.2. The molecular formula is C31H21NO6. The summed E-state index contributed by atoms with van der Waals surface area (Å²) in [4.78, 5) is 57.1. The number of Topliss-reactive ketones (excluding diaryl/α,β-unsaturated/α-hetero) is 2. The van der Waals surface area contributed by atoms with Crippen LogP contribution < -0.4 is 9.64 Å². The lowest BCUT2D eigenvalue weighted by Gasteiger charge is -2.27. The minimum absolute atomic E-state index is 0.206. The Hall–Kier alpha value is -4.62. The molecule has 1 aliphatic carbocycles. The Labute approximate surface area is 217 Å². The molecule has 2 fully saturated rings. The van der Waals surface area contributed by atoms with Crippen LogP contribution in [0.2, 0.25) is 0 Å². The first-order chi connectivity index (χ1) is 18.5. The summed E-state index contributed by atoms with van der Waals surface area (Å²) in [6.45, 7) is 0. The number of carbonyl (C=O) groups excluding carboxylic acids is 4. The van der Waals surface area contributed by atoms with Crippen LogP contribution in [0.1, 0.15) is 32.4 Å². The molecule has 0 aromatic heterocycles. The van der Waals surface area contributed by atoms with E-state index in [1.54, 1.807) is 48.5 Å². The van der Waals surface area contributed by atoms with Crippen molar-refractivity contribution in [2.45, 2.75) is 11.7 Å². The predicted molar refractivity (Wildman–Crippen MR) is 138 cm³/mol. The van der Waals surface area contributed by atoms with Gasteiger partial charge in [0.25, 0.3) is 0 Å². The van der Waals surface area contributed by atoms with E-state index < -0.39 is 46.9 Å². The summed E-state index contributed by atoms with van der Waals surface area (Å²) < 4.78 is 11.7. The van der Waals surface area contributed by atoms with E-state index in [1.807, 2.05) is 42.5 Å². The van der Waals surface area contributed by atoms with Crippen LogP contribution in [0.4, 0.5) is 5.69 Å². The molecular weight excluding hydrogens is 482 g/mol. The molecule has 2 amide bonds. The number of ether oxygens (including phenoxy) is 2. The van der Waals surface area contributed by atoms with Gasteiger partial charge < -0.3 is 9.47 Å². The smallest absolute Gasteiger partial charge is 0.241 e. The van der Waals surface area contributed by atoms with E-state index in [1.165, 1.54) is 7.11 Å². The minimum atomic E-state index is -2.11. The number of hydrogen-bond donors (Lipinski definition) is 0. The van der Waals surface area contributed by atoms with Gasteiger partial charge in [0, 0.05) is 11.1 Å². The molecule has 4 aromatic rings. The van der Waals surface area contributed by atoms with Gasteiger partial charge in [-0.3, -0.25) is 19.2 Å². The van der Waals surface area contributed by atoms with Gasteiger partial charge in [0.15, 0.2) is 0 Å². The molecule has 186 valence electrons. The van der Waals surface area contributed by atoms with Crippen LogP contribution in [0.3, 0.4) is 0 Å². The molecule has 2 saturated heterocycles. The highest BCUT2D eigenvalue weighted by atomic mass is 16.5. The Morgan fingerprint density at radius 1 is 0.737 bits per heavy atom. The van der Waals surface area contributed by atoms with Crippen molar-refractivity contribution in [1.29, 1.82) is 0 Å². The number of hydrogen-bond acceptors (Lipinski definition) is 6. The largest absolute Gasteiger partial charge is 0.497 e. The number of rotatable bonds is 3. The van der Waals surface area contributed by atoms with Gasteiger partial charge in [-0.15, -0.1) is 0 Å². The Morgan fingerprint density at radius 3 is 2.05 bits per heavy atom. The highest BCUT2D eigenvalue weighted by molar-refractivity contribution is 6.37. The summed E-state index contributed by atoms with van der Waals surface area (Å²) in [5, 5.41) is 1.75. The van der Waals surface area contributed by atoms with Crippen LogP contribution in [0.5, 0.6) is 5.75 Å². The van der Waals surface area contributed by atoms with E-state index in [0.717, 1.165) is 15.7 Å². The second kappa shape index (κ2) is 7.94. The zero-order valence-electron chi connectivity index (χ0n) is 20.3. The molecule has 3 atom stereocenters. The molecule has 38 heavy (non-hydrogen) atoms. The van der Waals surface area contributed by atoms with Crippen LogP contribution in [0.25, 0.3) is 10.8 Å². The van der Waals surface area contributed by atoms with Crippen molar-refractivity contribution in [3.63, 3.8) is 0 Å². The molecule has 4 aromatic carbocycles. The van der Waals surface area contributed by atoms with Crippen molar-refractivity contribution in [3.8, 4) is 5.75 Å². The van der Waals surface area contributed by atoms with E-state index in [2.05, 4.69) is 0 Å². The Kier molecular flexibility index (Phi) is 4.71. The van der Waals surface area contributed by atoms with Gasteiger partial charge in [-0.05, 0) is 40.6 Å². The topological polar surface area (TPSA) is 90.0 Å². The van der Waals surface area contributed by atoms with Crippen LogP contribution >= 0.6 is 0 Å². The number of anilines is 1. The maximum absolute atomic E-state index is 14.1. The molecule has 2 heterocycles. The third kappa shape index (κ3) is 2.76. The van der Waals surface area contributed by atoms with Gasteiger partial charge in [-0.25, -0.2) is 4.90 Å². The van der Waals surface area contributed by atoms with Crippen molar-refractivity contribution in [1.82, 2.24) is 0 Å². The molecule has 0 saturated carbocycles. The fourth-order valence-electron chi connectivity index (χ4n) is 6.28. The molecule has 7 nitrogen and oxygen atoms in total. The lowest BCUT2D eigenvalue weighted by Crippen LogP contribution is -2.51. The number of carbonyl (C=O) groups is 4. The van der Waals surface area contributed by atoms with E-state index in [0.29, 0.717) is 17.0 Å². The maximum atomic E-state index is 14.1. The summed E-state index contributed by atoms with van der Waals surface area (Å²) in [6.07, 6.45) is -0.979. The first kappa shape index (κ1) is 22.6. The zero-order valence-corrected chi connectivity index (χ0v) is 20.3. The van der Waals surface area contributed by atoms with E-state index in [9.17, 15) is 19.2 Å². The molecule has 0 N–H and O–H groups in total. The molecule has 1 spiro atoms. The van der Waals surface area contributed by atoms with Gasteiger partial charge in [-0.2, -0.15) is 0 Å². The Bertz CT molecular complexity index is 1650. The number of amides is 2. The monoisotopic (exact) mass is 503 g/mol. The molecule has 3 aliphatic rings. The standard InChI is InChI=1S/C31H21NO6/c1-37-19-15-13-18(14-16-19)32-29(35)24-25(30(32)36)31(27(33)22-10-4-5-11-23(22)28(31)34)38-26(24)21-12-6-8-17-7-2-3-9-20(17)21/h2-16,24-26H,1H3/t24-,25+,26+/m0/s1. The molecule has 7 heteroatoms. The molecule has 0 unspecified atom stereocenters. The fraction of sp³-hybridized carbons (Fsp3) is 0.161. The first-order valence-electron chi connectivity index (χ1n) is 12.3. The number of ketones is 2. The van der Waals surface area contributed by atoms with Gasteiger partial charge in [0.05, 0.1) is 30.7 Å². The van der Waals surface area contributed by atoms with Crippen molar-refractivity contribution in [3.05, 3.63) is 108 Å². The number of fused-ring (bicyclic) bond motifs is 4. The van der Waals surface area contributed by atoms with Crippen molar-refractivity contribution in [2.75, 3.05) is 12.0 Å². The highest BCUT2D eigenvalue weighted by Gasteiger charge is 2.74. The van der Waals surface area contributed by atoms with Crippen molar-refractivity contribution >= 4 is 39.8 Å². The Balaban J connectivity index is 1.44. The predicted octanol–water partition coefficient (Wildman–Crippen LogP) is 4.54. The third-order valence-electron chi connectivity index (χ3n) is 7.98. The van der Waals surface area contributed by atoms with Crippen molar-refractivity contribution in [2.24, 2.45) is 11.8 Å². The average Bonchev–Trinajstić information content (AvgIpc) is 3.52. The van der Waals surface area contributed by atoms with E-state index in [4.69, 9.17) is 9.47 Å². The number of benzene rings is 4. The van der Waals surface area contributed by atoms with Gasteiger partial charge >= 0.3 is 0 Å². The molecule has 7 rings (SSSR count). The summed E-state index contributed by atoms with van der Waals surface area (Å²) in [7, 11) is 1.52. The molecule has 2 aliphatic heterocycles. The summed E-state index contributed by atoms with van der Waals surface area (Å²) in [5.74, 6) is -4.06. The van der Waals surface area contributed by atoms with Gasteiger partial charge in [-0.1, -0.05) is 66.7 Å². The van der Waals surface area contributed by atoms with Crippen LogP contribution in [0, 0.1) is 11.8 Å². The average molecular weight is 504 g/mol. The molecule has 0 bridgehead atoms. The third-order valence-corrected chi connectivity index (χ3v) is 7.98. The molecule has 0 radical (unpaired) electrons. The number of methoxy groups -OCH3 is 1. The Morgan fingerprint density at radius 2 is 1.37 bits per heavy atom. The number of nitrogens with zero attached hydrogens (tertiary/aromatic N) is 1. The first-order valence-corrected chi connectivity index (χ1v) is 12.3. The maximum Gasteiger partial charge on any atom is 0.241 e. The highest BCUT2D eigenvalue weighted by Crippen LogP contribution is 2.58. The quantitative estimate of drug-likeness (QED) is 0.301. The van der Waals surface area contributed by atoms with E-state index in [-0.39, 0.29) is 11.1 Å². The summed E-state index contributed by atoms with van der Waals surface area (Å²) >= 11 is 0. The van der Waals surface area contributed by atoms with Crippen LogP contribution in [-0.4, -0.2) is 36.1 Å². The second-order valence-electron chi connectivity index (χ2n) is 9.76. The van der Waals surface area contributed by atoms with E-state index >= 15 is 0 Å². The fourth-order valence-corrected chi connectivity index (χ4v) is 6.28. The second-order valence-corrected chi connectivity index (χ2v) is 9.76. The normalized spacial score (nSPS) is 23.4. The summed E-state index contributed by atoms with van der Waals surface area (Å²) in [5.41, 5.74) is -0.693. The van der Waals surface area contributed by atoms with Crippen LogP contribution in [0.15, 0.2) is 91.0 Å².